The Bertz CT molecular complexity index is 696. The molecule has 1 aromatic heterocycles. The molecule has 2 aliphatic rings. The fourth-order valence-electron chi connectivity index (χ4n) is 3.47. The topological polar surface area (TPSA) is 48.3 Å². The lowest BCUT2D eigenvalue weighted by molar-refractivity contribution is 0.0904. The number of benzene rings is 1. The Kier molecular flexibility index (Phi) is 5.04. The summed E-state index contributed by atoms with van der Waals surface area (Å²) >= 11 is 0. The van der Waals surface area contributed by atoms with Gasteiger partial charge in [-0.05, 0) is 31.2 Å². The zero-order chi connectivity index (χ0) is 17.1. The van der Waals surface area contributed by atoms with Crippen LogP contribution in [-0.2, 0) is 18.3 Å². The van der Waals surface area contributed by atoms with Crippen molar-refractivity contribution in [2.45, 2.75) is 31.9 Å². The van der Waals surface area contributed by atoms with Crippen LogP contribution in [0.1, 0.15) is 36.5 Å². The molecule has 1 saturated carbocycles. The van der Waals surface area contributed by atoms with Crippen molar-refractivity contribution < 1.29 is 9.47 Å². The van der Waals surface area contributed by atoms with E-state index in [0.29, 0.717) is 5.92 Å². The van der Waals surface area contributed by atoms with Crippen molar-refractivity contribution in [2.24, 2.45) is 18.9 Å². The fourth-order valence-corrected chi connectivity index (χ4v) is 3.47. The monoisotopic (exact) mass is 341 g/mol. The molecule has 2 heterocycles. The second-order valence-electron chi connectivity index (χ2n) is 7.28. The largest absolute Gasteiger partial charge is 0.493 e. The second-order valence-corrected chi connectivity index (χ2v) is 7.28. The summed E-state index contributed by atoms with van der Waals surface area (Å²) in [5.41, 5.74) is 2.42. The summed E-state index contributed by atoms with van der Waals surface area (Å²) in [6.45, 7) is 3.46. The third-order valence-electron chi connectivity index (χ3n) is 5.13. The SMILES string of the molecule is Cn1cc([C@H]2OCC[C@H]2CNCc2ccccc2OCC2CC2)cn1. The number of para-hydroxylation sites is 1. The highest BCUT2D eigenvalue weighted by Gasteiger charge is 2.30. The summed E-state index contributed by atoms with van der Waals surface area (Å²) in [7, 11) is 1.95. The van der Waals surface area contributed by atoms with Crippen LogP contribution in [0.2, 0.25) is 0 Å². The van der Waals surface area contributed by atoms with Gasteiger partial charge >= 0.3 is 0 Å². The maximum absolute atomic E-state index is 6.00. The molecule has 2 atom stereocenters. The Hall–Kier alpha value is -1.85. The molecule has 134 valence electrons. The average molecular weight is 341 g/mol. The summed E-state index contributed by atoms with van der Waals surface area (Å²) in [5.74, 6) is 2.29. The minimum Gasteiger partial charge on any atom is -0.493 e. The zero-order valence-electron chi connectivity index (χ0n) is 14.9. The summed E-state index contributed by atoms with van der Waals surface area (Å²) in [5, 5.41) is 7.88. The van der Waals surface area contributed by atoms with Crippen molar-refractivity contribution in [3.05, 3.63) is 47.8 Å². The van der Waals surface area contributed by atoms with Crippen LogP contribution in [0.3, 0.4) is 0 Å². The van der Waals surface area contributed by atoms with E-state index in [1.165, 1.54) is 24.0 Å². The Morgan fingerprint density at radius 1 is 1.28 bits per heavy atom. The van der Waals surface area contributed by atoms with E-state index in [2.05, 4.69) is 40.9 Å². The van der Waals surface area contributed by atoms with Crippen LogP contribution < -0.4 is 10.1 Å². The first-order valence-corrected chi connectivity index (χ1v) is 9.31. The summed E-state index contributed by atoms with van der Waals surface area (Å²) in [6.07, 6.45) is 7.86. The van der Waals surface area contributed by atoms with E-state index in [4.69, 9.17) is 9.47 Å². The maximum atomic E-state index is 6.00. The average Bonchev–Trinajstić information content (AvgIpc) is 3.17. The first kappa shape index (κ1) is 16.6. The lowest BCUT2D eigenvalue weighted by atomic mass is 9.97. The number of ether oxygens (including phenoxy) is 2. The first-order chi connectivity index (χ1) is 12.3. The third-order valence-corrected chi connectivity index (χ3v) is 5.13. The van der Waals surface area contributed by atoms with E-state index < -0.39 is 0 Å². The van der Waals surface area contributed by atoms with Crippen molar-refractivity contribution in [1.82, 2.24) is 15.1 Å². The van der Waals surface area contributed by atoms with Crippen molar-refractivity contribution in [3.8, 4) is 5.75 Å². The van der Waals surface area contributed by atoms with Crippen LogP contribution in [0.4, 0.5) is 0 Å². The Balaban J connectivity index is 1.31. The fraction of sp³-hybridized carbons (Fsp3) is 0.550. The second kappa shape index (κ2) is 7.58. The predicted molar refractivity (Wildman–Crippen MR) is 96.4 cm³/mol. The molecule has 1 aromatic carbocycles. The molecule has 1 aliphatic carbocycles. The van der Waals surface area contributed by atoms with Crippen molar-refractivity contribution in [1.29, 1.82) is 0 Å². The molecule has 0 bridgehead atoms. The number of aryl methyl sites for hydroxylation is 1. The molecule has 1 aliphatic heterocycles. The lowest BCUT2D eigenvalue weighted by Crippen LogP contribution is -2.24. The van der Waals surface area contributed by atoms with E-state index in [0.717, 1.165) is 44.4 Å². The van der Waals surface area contributed by atoms with Gasteiger partial charge in [0, 0.05) is 50.0 Å². The minimum absolute atomic E-state index is 0.155. The number of hydrogen-bond donors (Lipinski definition) is 1. The summed E-state index contributed by atoms with van der Waals surface area (Å²) in [6, 6.07) is 8.36. The molecule has 25 heavy (non-hydrogen) atoms. The van der Waals surface area contributed by atoms with Crippen LogP contribution in [-0.4, -0.2) is 29.5 Å². The number of aromatic nitrogens is 2. The smallest absolute Gasteiger partial charge is 0.123 e. The quantitative estimate of drug-likeness (QED) is 0.802. The van der Waals surface area contributed by atoms with Crippen molar-refractivity contribution in [3.63, 3.8) is 0 Å². The van der Waals surface area contributed by atoms with Gasteiger partial charge in [0.25, 0.3) is 0 Å². The molecule has 2 fully saturated rings. The van der Waals surface area contributed by atoms with Gasteiger partial charge in [-0.15, -0.1) is 0 Å². The Morgan fingerprint density at radius 2 is 2.16 bits per heavy atom. The van der Waals surface area contributed by atoms with Crippen LogP contribution >= 0.6 is 0 Å². The Morgan fingerprint density at radius 3 is 2.96 bits per heavy atom. The van der Waals surface area contributed by atoms with Gasteiger partial charge in [-0.1, -0.05) is 18.2 Å². The maximum Gasteiger partial charge on any atom is 0.123 e. The molecule has 2 aromatic rings. The van der Waals surface area contributed by atoms with E-state index in [9.17, 15) is 0 Å². The summed E-state index contributed by atoms with van der Waals surface area (Å²) in [4.78, 5) is 0. The van der Waals surface area contributed by atoms with Crippen molar-refractivity contribution in [2.75, 3.05) is 19.8 Å². The molecular weight excluding hydrogens is 314 g/mol. The zero-order valence-corrected chi connectivity index (χ0v) is 14.9. The van der Waals surface area contributed by atoms with Gasteiger partial charge in [-0.2, -0.15) is 5.10 Å². The number of hydrogen-bond acceptors (Lipinski definition) is 4. The van der Waals surface area contributed by atoms with Gasteiger partial charge < -0.3 is 14.8 Å². The molecule has 0 spiro atoms. The predicted octanol–water partition coefficient (Wildman–Crippen LogP) is 3.08. The molecular formula is C20H27N3O2. The highest BCUT2D eigenvalue weighted by atomic mass is 16.5. The molecule has 4 rings (SSSR count). The van der Waals surface area contributed by atoms with Gasteiger partial charge in [0.05, 0.1) is 18.9 Å². The highest BCUT2D eigenvalue weighted by Crippen LogP contribution is 2.34. The molecule has 0 amide bonds. The van der Waals surface area contributed by atoms with E-state index in [1.54, 1.807) is 0 Å². The standard InChI is InChI=1S/C20H27N3O2/c1-23-13-18(12-22-23)20-17(8-9-24-20)11-21-10-16-4-2-3-5-19(16)25-14-15-6-7-15/h2-5,12-13,15,17,20-21H,6-11,14H2,1H3/t17-,20-/m0/s1. The molecule has 0 unspecified atom stereocenters. The molecule has 0 radical (unpaired) electrons. The van der Waals surface area contributed by atoms with Gasteiger partial charge in [0.1, 0.15) is 5.75 Å². The first-order valence-electron chi connectivity index (χ1n) is 9.31. The summed E-state index contributed by atoms with van der Waals surface area (Å²) < 4.78 is 13.8. The highest BCUT2D eigenvalue weighted by molar-refractivity contribution is 5.33. The van der Waals surface area contributed by atoms with E-state index >= 15 is 0 Å². The molecule has 5 nitrogen and oxygen atoms in total. The van der Waals surface area contributed by atoms with Gasteiger partial charge in [0.2, 0.25) is 0 Å². The van der Waals surface area contributed by atoms with Crippen LogP contribution in [0.25, 0.3) is 0 Å². The third kappa shape index (κ3) is 4.22. The molecule has 5 heteroatoms. The molecule has 1 saturated heterocycles. The number of nitrogens with zero attached hydrogens (tertiary/aromatic N) is 2. The number of rotatable bonds is 8. The normalized spacial score (nSPS) is 23.1. The van der Waals surface area contributed by atoms with Gasteiger partial charge in [-0.3, -0.25) is 4.68 Å². The van der Waals surface area contributed by atoms with Gasteiger partial charge in [0.15, 0.2) is 0 Å². The lowest BCUT2D eigenvalue weighted by Gasteiger charge is -2.18. The number of nitrogens with one attached hydrogen (secondary N) is 1. The van der Waals surface area contributed by atoms with E-state index in [1.807, 2.05) is 17.9 Å². The van der Waals surface area contributed by atoms with Crippen LogP contribution in [0, 0.1) is 11.8 Å². The van der Waals surface area contributed by atoms with Crippen LogP contribution in [0.5, 0.6) is 5.75 Å². The Labute approximate surface area is 149 Å². The van der Waals surface area contributed by atoms with Crippen LogP contribution in [0.15, 0.2) is 36.7 Å². The van der Waals surface area contributed by atoms with E-state index in [-0.39, 0.29) is 6.10 Å². The van der Waals surface area contributed by atoms with Gasteiger partial charge in [-0.25, -0.2) is 0 Å². The molecule has 1 N–H and O–H groups in total. The van der Waals surface area contributed by atoms with Crippen molar-refractivity contribution >= 4 is 0 Å². The minimum atomic E-state index is 0.155.